The van der Waals surface area contributed by atoms with E-state index < -0.39 is 0 Å². The number of carbonyl (C=O) groups excluding carboxylic acids is 3. The van der Waals surface area contributed by atoms with E-state index in [1.807, 2.05) is 52.9 Å². The Hall–Kier alpha value is -2.84. The summed E-state index contributed by atoms with van der Waals surface area (Å²) < 4.78 is 2.84. The third kappa shape index (κ3) is 4.44. The van der Waals surface area contributed by atoms with E-state index >= 15 is 0 Å². The number of anilines is 1. The van der Waals surface area contributed by atoms with E-state index in [0.29, 0.717) is 10.6 Å². The molecule has 2 saturated heterocycles. The molecule has 2 fully saturated rings. The molecule has 2 aliphatic heterocycles. The number of rotatable bonds is 4. The second-order valence-corrected chi connectivity index (χ2v) is 10.6. The highest BCUT2D eigenvalue weighted by atomic mass is 79.9. The zero-order valence-corrected chi connectivity index (χ0v) is 21.2. The van der Waals surface area contributed by atoms with Crippen molar-refractivity contribution in [1.82, 2.24) is 9.47 Å². The van der Waals surface area contributed by atoms with E-state index in [0.717, 1.165) is 64.2 Å². The average Bonchev–Trinajstić information content (AvgIpc) is 3.30. The molecule has 2 aliphatic rings. The Morgan fingerprint density at radius 1 is 1.06 bits per heavy atom. The van der Waals surface area contributed by atoms with Gasteiger partial charge in [0, 0.05) is 40.2 Å². The molecule has 0 unspecified atom stereocenters. The Bertz CT molecular complexity index is 1320. The molecule has 34 heavy (non-hydrogen) atoms. The van der Waals surface area contributed by atoms with Gasteiger partial charge in [0.25, 0.3) is 11.1 Å². The maximum Gasteiger partial charge on any atom is 0.298 e. The van der Waals surface area contributed by atoms with E-state index in [9.17, 15) is 14.4 Å². The maximum absolute atomic E-state index is 13.1. The number of piperidine rings is 1. The number of aromatic nitrogens is 1. The summed E-state index contributed by atoms with van der Waals surface area (Å²) in [4.78, 5) is 42.3. The molecule has 3 amide bonds. The second kappa shape index (κ2) is 9.43. The SMILES string of the molecule is Cc1ccc(N2C(=O)S/C(=C\c3cn(CC(=O)N4CCCCC4)c4ccc(Br)cc34)C2=O)cc1. The van der Waals surface area contributed by atoms with Crippen LogP contribution < -0.4 is 4.90 Å². The first-order chi connectivity index (χ1) is 16.4. The van der Waals surface area contributed by atoms with Crippen LogP contribution in [0.1, 0.15) is 30.4 Å². The molecule has 3 aromatic rings. The smallest absolute Gasteiger partial charge is 0.298 e. The van der Waals surface area contributed by atoms with Crippen LogP contribution >= 0.6 is 27.7 Å². The Morgan fingerprint density at radius 2 is 1.79 bits per heavy atom. The number of amides is 3. The topological polar surface area (TPSA) is 62.6 Å². The van der Waals surface area contributed by atoms with Gasteiger partial charge in [-0.3, -0.25) is 14.4 Å². The number of carbonyl (C=O) groups is 3. The molecular formula is C26H24BrN3O3S. The molecule has 5 rings (SSSR count). The zero-order chi connectivity index (χ0) is 23.8. The highest BCUT2D eigenvalue weighted by Gasteiger charge is 2.36. The van der Waals surface area contributed by atoms with Gasteiger partial charge in [0.15, 0.2) is 0 Å². The fourth-order valence-corrected chi connectivity index (χ4v) is 5.65. The number of imide groups is 1. The molecule has 174 valence electrons. The lowest BCUT2D eigenvalue weighted by molar-refractivity contribution is -0.132. The number of likely N-dealkylation sites (tertiary alicyclic amines) is 1. The highest BCUT2D eigenvalue weighted by molar-refractivity contribution is 9.10. The molecule has 0 atom stereocenters. The summed E-state index contributed by atoms with van der Waals surface area (Å²) in [5.41, 5.74) is 3.34. The molecule has 8 heteroatoms. The normalized spacial score (nSPS) is 17.9. The summed E-state index contributed by atoms with van der Waals surface area (Å²) in [7, 11) is 0. The lowest BCUT2D eigenvalue weighted by Gasteiger charge is -2.27. The summed E-state index contributed by atoms with van der Waals surface area (Å²) in [6.07, 6.45) is 6.93. The monoisotopic (exact) mass is 537 g/mol. The van der Waals surface area contributed by atoms with Crippen molar-refractivity contribution in [2.45, 2.75) is 32.7 Å². The second-order valence-electron chi connectivity index (χ2n) is 8.67. The Kier molecular flexibility index (Phi) is 6.36. The van der Waals surface area contributed by atoms with E-state index in [1.165, 1.54) is 11.3 Å². The summed E-state index contributed by atoms with van der Waals surface area (Å²) >= 11 is 4.47. The van der Waals surface area contributed by atoms with E-state index in [-0.39, 0.29) is 23.6 Å². The van der Waals surface area contributed by atoms with Gasteiger partial charge in [0.05, 0.1) is 10.6 Å². The van der Waals surface area contributed by atoms with Crippen molar-refractivity contribution in [3.8, 4) is 0 Å². The summed E-state index contributed by atoms with van der Waals surface area (Å²) in [6, 6.07) is 13.2. The minimum absolute atomic E-state index is 0.103. The van der Waals surface area contributed by atoms with Crippen LogP contribution in [0.3, 0.4) is 0 Å². The first-order valence-corrected chi connectivity index (χ1v) is 12.9. The van der Waals surface area contributed by atoms with Gasteiger partial charge < -0.3 is 9.47 Å². The van der Waals surface area contributed by atoms with Crippen molar-refractivity contribution in [3.63, 3.8) is 0 Å². The van der Waals surface area contributed by atoms with Gasteiger partial charge in [-0.1, -0.05) is 33.6 Å². The van der Waals surface area contributed by atoms with Crippen LogP contribution in [0, 0.1) is 6.92 Å². The molecule has 1 aromatic heterocycles. The van der Waals surface area contributed by atoms with Crippen molar-refractivity contribution < 1.29 is 14.4 Å². The third-order valence-electron chi connectivity index (χ3n) is 6.26. The summed E-state index contributed by atoms with van der Waals surface area (Å²) in [6.45, 7) is 3.82. The third-order valence-corrected chi connectivity index (χ3v) is 7.62. The molecule has 0 N–H and O–H groups in total. The minimum Gasteiger partial charge on any atom is -0.341 e. The van der Waals surface area contributed by atoms with Gasteiger partial charge >= 0.3 is 0 Å². The quantitative estimate of drug-likeness (QED) is 0.385. The van der Waals surface area contributed by atoms with Gasteiger partial charge in [-0.05, 0) is 74.4 Å². The molecular weight excluding hydrogens is 514 g/mol. The van der Waals surface area contributed by atoms with Gasteiger partial charge in [0.1, 0.15) is 6.54 Å². The number of nitrogens with zero attached hydrogens (tertiary/aromatic N) is 3. The summed E-state index contributed by atoms with van der Waals surface area (Å²) in [5.74, 6) is -0.232. The number of thioether (sulfide) groups is 1. The molecule has 3 heterocycles. The first-order valence-electron chi connectivity index (χ1n) is 11.3. The predicted octanol–water partition coefficient (Wildman–Crippen LogP) is 5.97. The van der Waals surface area contributed by atoms with Crippen molar-refractivity contribution in [2.75, 3.05) is 18.0 Å². The molecule has 0 aliphatic carbocycles. The van der Waals surface area contributed by atoms with E-state index in [2.05, 4.69) is 15.9 Å². The lowest BCUT2D eigenvalue weighted by atomic mass is 10.1. The fourth-order valence-electron chi connectivity index (χ4n) is 4.46. The number of hydrogen-bond acceptors (Lipinski definition) is 4. The van der Waals surface area contributed by atoms with E-state index in [1.54, 1.807) is 18.2 Å². The van der Waals surface area contributed by atoms with Crippen LogP contribution in [0.5, 0.6) is 0 Å². The van der Waals surface area contributed by atoms with Crippen LogP contribution in [0.25, 0.3) is 17.0 Å². The number of benzene rings is 2. The Balaban J connectivity index is 1.48. The van der Waals surface area contributed by atoms with Gasteiger partial charge in [0.2, 0.25) is 5.91 Å². The molecule has 0 spiro atoms. The van der Waals surface area contributed by atoms with Crippen LogP contribution in [0.4, 0.5) is 10.5 Å². The molecule has 0 radical (unpaired) electrons. The molecule has 0 bridgehead atoms. The van der Waals surface area contributed by atoms with Crippen molar-refractivity contribution in [3.05, 3.63) is 69.2 Å². The predicted molar refractivity (Wildman–Crippen MR) is 140 cm³/mol. The molecule has 6 nitrogen and oxygen atoms in total. The lowest BCUT2D eigenvalue weighted by Crippen LogP contribution is -2.37. The standard InChI is InChI=1S/C26H24BrN3O3S/c1-17-5-8-20(9-6-17)30-25(32)23(34-26(30)33)13-18-15-29(22-10-7-19(27)14-21(18)22)16-24(31)28-11-3-2-4-12-28/h5-10,13-15H,2-4,11-12,16H2,1H3/b23-13-. The van der Waals surface area contributed by atoms with Crippen molar-refractivity contribution >= 4 is 67.4 Å². The number of aryl methyl sites for hydroxylation is 1. The number of fused-ring (bicyclic) bond motifs is 1. The largest absolute Gasteiger partial charge is 0.341 e. The highest BCUT2D eigenvalue weighted by Crippen LogP contribution is 2.37. The van der Waals surface area contributed by atoms with Crippen molar-refractivity contribution in [1.29, 1.82) is 0 Å². The first kappa shape index (κ1) is 22.9. The van der Waals surface area contributed by atoms with Crippen molar-refractivity contribution in [2.24, 2.45) is 0 Å². The number of halogens is 1. The summed E-state index contributed by atoms with van der Waals surface area (Å²) in [5, 5.41) is 0.605. The van der Waals surface area contributed by atoms with E-state index in [4.69, 9.17) is 0 Å². The van der Waals surface area contributed by atoms with Crippen LogP contribution in [-0.4, -0.2) is 39.6 Å². The molecule has 2 aromatic carbocycles. The fraction of sp³-hybridized carbons (Fsp3) is 0.269. The Morgan fingerprint density at radius 3 is 2.53 bits per heavy atom. The number of hydrogen-bond donors (Lipinski definition) is 0. The van der Waals surface area contributed by atoms with Gasteiger partial charge in [-0.25, -0.2) is 4.90 Å². The van der Waals surface area contributed by atoms with Crippen LogP contribution in [-0.2, 0) is 16.1 Å². The van der Waals surface area contributed by atoms with Crippen LogP contribution in [0.2, 0.25) is 0 Å². The van der Waals surface area contributed by atoms with Crippen LogP contribution in [0.15, 0.2) is 58.0 Å². The Labute approximate surface area is 210 Å². The van der Waals surface area contributed by atoms with Gasteiger partial charge in [-0.2, -0.15) is 0 Å². The average molecular weight is 538 g/mol. The molecule has 0 saturated carbocycles. The minimum atomic E-state index is -0.334. The maximum atomic E-state index is 13.1. The van der Waals surface area contributed by atoms with Gasteiger partial charge in [-0.15, -0.1) is 0 Å². The zero-order valence-electron chi connectivity index (χ0n) is 18.8.